The van der Waals surface area contributed by atoms with Gasteiger partial charge in [-0.15, -0.1) is 0 Å². The minimum Gasteiger partial charge on any atom is -0.455 e. The monoisotopic (exact) mass is 489 g/mol. The number of para-hydroxylation sites is 1. The van der Waals surface area contributed by atoms with Crippen LogP contribution in [-0.2, 0) is 16.3 Å². The van der Waals surface area contributed by atoms with Crippen LogP contribution < -0.4 is 9.64 Å². The summed E-state index contributed by atoms with van der Waals surface area (Å²) in [7, 11) is -1.86. The van der Waals surface area contributed by atoms with E-state index in [0.717, 1.165) is 30.7 Å². The number of aryl methyl sites for hydroxylation is 1. The SMILES string of the molecule is CCCCc1cccc(C(=O)N(C)c2cccc(S(C)(=O)=O)c2)c1Oc1ccc(F)cc1Cl. The van der Waals surface area contributed by atoms with E-state index in [1.165, 1.54) is 29.2 Å². The van der Waals surface area contributed by atoms with Gasteiger partial charge in [0.05, 0.1) is 15.5 Å². The first-order valence-corrected chi connectivity index (χ1v) is 12.7. The fourth-order valence-electron chi connectivity index (χ4n) is 3.33. The van der Waals surface area contributed by atoms with Gasteiger partial charge < -0.3 is 9.64 Å². The number of anilines is 1. The molecule has 0 N–H and O–H groups in total. The number of hydrogen-bond acceptors (Lipinski definition) is 4. The molecule has 8 heteroatoms. The molecule has 0 heterocycles. The molecule has 3 aromatic carbocycles. The normalized spacial score (nSPS) is 11.3. The van der Waals surface area contributed by atoms with E-state index in [1.807, 2.05) is 6.07 Å². The predicted octanol–water partition coefficient (Wildman–Crippen LogP) is 6.29. The van der Waals surface area contributed by atoms with Crippen LogP contribution >= 0.6 is 11.6 Å². The molecule has 174 valence electrons. The van der Waals surface area contributed by atoms with Crippen LogP contribution in [0.3, 0.4) is 0 Å². The molecule has 1 amide bonds. The van der Waals surface area contributed by atoms with Crippen molar-refractivity contribution in [3.8, 4) is 11.5 Å². The summed E-state index contributed by atoms with van der Waals surface area (Å²) in [6.45, 7) is 2.06. The molecule has 0 fully saturated rings. The standard InChI is InChI=1S/C25H25ClFNO4S/c1-4-5-8-17-9-6-12-21(24(17)32-23-14-13-18(27)15-22(23)26)25(29)28(2)19-10-7-11-20(16-19)33(3,30)31/h6-7,9-16H,4-5,8H2,1-3H3. The van der Waals surface area contributed by atoms with Crippen LogP contribution in [-0.4, -0.2) is 27.6 Å². The van der Waals surface area contributed by atoms with Crippen molar-refractivity contribution in [3.05, 3.63) is 82.6 Å². The molecule has 0 saturated carbocycles. The maximum Gasteiger partial charge on any atom is 0.261 e. The molecule has 0 radical (unpaired) electrons. The zero-order valence-electron chi connectivity index (χ0n) is 18.6. The van der Waals surface area contributed by atoms with Crippen LogP contribution in [0.15, 0.2) is 65.6 Å². The molecule has 0 aliphatic heterocycles. The van der Waals surface area contributed by atoms with Crippen LogP contribution in [0.1, 0.15) is 35.7 Å². The lowest BCUT2D eigenvalue weighted by Gasteiger charge is -2.21. The summed E-state index contributed by atoms with van der Waals surface area (Å²) in [6.07, 6.45) is 3.63. The third-order valence-corrected chi connectivity index (χ3v) is 6.58. The van der Waals surface area contributed by atoms with Crippen molar-refractivity contribution in [2.75, 3.05) is 18.2 Å². The molecular weight excluding hydrogens is 465 g/mol. The van der Waals surface area contributed by atoms with Gasteiger partial charge in [-0.2, -0.15) is 0 Å². The average Bonchev–Trinajstić information content (AvgIpc) is 2.78. The summed E-state index contributed by atoms with van der Waals surface area (Å²) in [5.74, 6) is -0.297. The van der Waals surface area contributed by atoms with Crippen molar-refractivity contribution in [1.82, 2.24) is 0 Å². The maximum atomic E-state index is 13.5. The Morgan fingerprint density at radius 3 is 2.48 bits per heavy atom. The summed E-state index contributed by atoms with van der Waals surface area (Å²) < 4.78 is 43.5. The second-order valence-electron chi connectivity index (χ2n) is 7.71. The molecule has 0 aliphatic rings. The fraction of sp³-hybridized carbons (Fsp3) is 0.240. The molecule has 3 aromatic rings. The second kappa shape index (κ2) is 10.4. The number of nitrogens with zero attached hydrogens (tertiary/aromatic N) is 1. The molecule has 0 atom stereocenters. The van der Waals surface area contributed by atoms with Gasteiger partial charge >= 0.3 is 0 Å². The zero-order chi connectivity index (χ0) is 24.2. The third kappa shape index (κ3) is 5.92. The smallest absolute Gasteiger partial charge is 0.261 e. The van der Waals surface area contributed by atoms with Crippen LogP contribution in [0, 0.1) is 5.82 Å². The Labute approximate surface area is 198 Å². The Balaban J connectivity index is 2.05. The number of rotatable bonds is 8. The van der Waals surface area contributed by atoms with Gasteiger partial charge in [0.25, 0.3) is 5.91 Å². The molecule has 0 bridgehead atoms. The molecule has 0 unspecified atom stereocenters. The number of hydrogen-bond donors (Lipinski definition) is 0. The van der Waals surface area contributed by atoms with Crippen LogP contribution in [0.5, 0.6) is 11.5 Å². The number of carbonyl (C=O) groups is 1. The van der Waals surface area contributed by atoms with Gasteiger partial charge in [-0.05, 0) is 60.9 Å². The number of unbranched alkanes of at least 4 members (excludes halogenated alkanes) is 1. The van der Waals surface area contributed by atoms with Gasteiger partial charge in [-0.3, -0.25) is 4.79 Å². The van der Waals surface area contributed by atoms with E-state index >= 15 is 0 Å². The summed E-state index contributed by atoms with van der Waals surface area (Å²) in [5.41, 5.74) is 1.53. The van der Waals surface area contributed by atoms with Crippen molar-refractivity contribution in [1.29, 1.82) is 0 Å². The van der Waals surface area contributed by atoms with E-state index in [2.05, 4.69) is 6.92 Å². The quantitative estimate of drug-likeness (QED) is 0.373. The van der Waals surface area contributed by atoms with Crippen LogP contribution in [0.4, 0.5) is 10.1 Å². The van der Waals surface area contributed by atoms with Crippen molar-refractivity contribution in [2.45, 2.75) is 31.1 Å². The van der Waals surface area contributed by atoms with Crippen LogP contribution in [0.25, 0.3) is 0 Å². The van der Waals surface area contributed by atoms with Crippen molar-refractivity contribution in [2.24, 2.45) is 0 Å². The van der Waals surface area contributed by atoms with Gasteiger partial charge in [0.15, 0.2) is 9.84 Å². The van der Waals surface area contributed by atoms with Gasteiger partial charge in [0.2, 0.25) is 0 Å². The van der Waals surface area contributed by atoms with Gasteiger partial charge in [-0.1, -0.05) is 43.1 Å². The number of carbonyl (C=O) groups excluding carboxylic acids is 1. The minimum atomic E-state index is -3.43. The molecule has 0 spiro atoms. The number of sulfone groups is 1. The Kier molecular flexibility index (Phi) is 7.76. The first kappa shape index (κ1) is 24.7. The highest BCUT2D eigenvalue weighted by Gasteiger charge is 2.22. The number of benzene rings is 3. The van der Waals surface area contributed by atoms with E-state index in [9.17, 15) is 17.6 Å². The lowest BCUT2D eigenvalue weighted by molar-refractivity contribution is 0.0990. The fourth-order valence-corrected chi connectivity index (χ4v) is 4.19. The highest BCUT2D eigenvalue weighted by atomic mass is 35.5. The van der Waals surface area contributed by atoms with Crippen molar-refractivity contribution >= 4 is 33.0 Å². The molecule has 0 aromatic heterocycles. The zero-order valence-corrected chi connectivity index (χ0v) is 20.2. The first-order chi connectivity index (χ1) is 15.6. The highest BCUT2D eigenvalue weighted by molar-refractivity contribution is 7.90. The predicted molar refractivity (Wildman–Crippen MR) is 129 cm³/mol. The maximum absolute atomic E-state index is 13.5. The molecule has 0 saturated heterocycles. The average molecular weight is 490 g/mol. The number of ether oxygens (including phenoxy) is 1. The summed E-state index contributed by atoms with van der Waals surface area (Å²) in [4.78, 5) is 15.0. The van der Waals surface area contributed by atoms with Crippen molar-refractivity contribution < 1.29 is 22.3 Å². The third-order valence-electron chi connectivity index (χ3n) is 5.17. The van der Waals surface area contributed by atoms with E-state index in [4.69, 9.17) is 16.3 Å². The van der Waals surface area contributed by atoms with Gasteiger partial charge in [-0.25, -0.2) is 12.8 Å². The lowest BCUT2D eigenvalue weighted by atomic mass is 10.0. The molecular formula is C25H25ClFNO4S. The van der Waals surface area contributed by atoms with E-state index < -0.39 is 15.7 Å². The minimum absolute atomic E-state index is 0.0906. The molecule has 5 nitrogen and oxygen atoms in total. The first-order valence-electron chi connectivity index (χ1n) is 10.4. The topological polar surface area (TPSA) is 63.7 Å². The molecule has 3 rings (SSSR count). The van der Waals surface area contributed by atoms with Crippen LogP contribution in [0.2, 0.25) is 5.02 Å². The molecule has 33 heavy (non-hydrogen) atoms. The number of halogens is 2. The van der Waals surface area contributed by atoms with Gasteiger partial charge in [0, 0.05) is 19.0 Å². The second-order valence-corrected chi connectivity index (χ2v) is 10.1. The Hall–Kier alpha value is -2.90. The van der Waals surface area contributed by atoms with E-state index in [1.54, 1.807) is 31.3 Å². The van der Waals surface area contributed by atoms with Crippen molar-refractivity contribution in [3.63, 3.8) is 0 Å². The highest BCUT2D eigenvalue weighted by Crippen LogP contribution is 2.36. The Bertz CT molecular complexity index is 1280. The van der Waals surface area contributed by atoms with Gasteiger partial charge in [0.1, 0.15) is 17.3 Å². The number of amides is 1. The lowest BCUT2D eigenvalue weighted by Crippen LogP contribution is -2.27. The largest absolute Gasteiger partial charge is 0.455 e. The molecule has 0 aliphatic carbocycles. The summed E-state index contributed by atoms with van der Waals surface area (Å²) in [6, 6.07) is 15.3. The summed E-state index contributed by atoms with van der Waals surface area (Å²) >= 11 is 6.17. The summed E-state index contributed by atoms with van der Waals surface area (Å²) in [5, 5.41) is 0.0906. The Morgan fingerprint density at radius 2 is 1.82 bits per heavy atom. The van der Waals surface area contributed by atoms with E-state index in [-0.39, 0.29) is 27.1 Å². The Morgan fingerprint density at radius 1 is 1.09 bits per heavy atom. The van der Waals surface area contributed by atoms with E-state index in [0.29, 0.717) is 17.9 Å².